The smallest absolute Gasteiger partial charge is 0.267 e. The van der Waals surface area contributed by atoms with E-state index in [1.54, 1.807) is 17.9 Å². The number of anilines is 2. The molecule has 0 aliphatic carbocycles. The van der Waals surface area contributed by atoms with Crippen LogP contribution in [-0.4, -0.2) is 56.9 Å². The number of imidazole rings is 1. The number of nitrogens with zero attached hydrogens (tertiary/aromatic N) is 5. The molecule has 3 aromatic rings. The van der Waals surface area contributed by atoms with Crippen LogP contribution in [-0.2, 0) is 23.1 Å². The van der Waals surface area contributed by atoms with Crippen LogP contribution in [0.4, 0.5) is 11.8 Å². The van der Waals surface area contributed by atoms with Gasteiger partial charge in [0.1, 0.15) is 0 Å². The molecule has 10 heteroatoms. The molecular formula is C20H23N7O3. The van der Waals surface area contributed by atoms with Crippen molar-refractivity contribution in [2.24, 2.45) is 7.05 Å². The van der Waals surface area contributed by atoms with Crippen molar-refractivity contribution in [3.63, 3.8) is 0 Å². The van der Waals surface area contributed by atoms with E-state index >= 15 is 0 Å². The summed E-state index contributed by atoms with van der Waals surface area (Å²) in [6, 6.07) is 7.72. The lowest BCUT2D eigenvalue weighted by atomic mass is 10.1. The van der Waals surface area contributed by atoms with Gasteiger partial charge < -0.3 is 19.5 Å². The van der Waals surface area contributed by atoms with Crippen molar-refractivity contribution in [1.29, 1.82) is 0 Å². The molecule has 2 aromatic heterocycles. The van der Waals surface area contributed by atoms with Crippen molar-refractivity contribution < 1.29 is 14.7 Å². The standard InChI is InChI=1S/C20H23N7O3/c1-26-13-22-17-18(23-20(24-19(17)26)27-7-9-30-10-8-27)21-12-15-4-2-3-14(11-15)5-6-16(28)25-29/h2-6,11,13,29H,7-10,12H2,1H3,(H,25,28)(H,21,23,24)/b6-5+. The minimum Gasteiger partial charge on any atom is -0.378 e. The maximum Gasteiger partial charge on any atom is 0.267 e. The molecule has 1 aromatic carbocycles. The van der Waals surface area contributed by atoms with Gasteiger partial charge in [0, 0.05) is 32.8 Å². The number of hydrogen-bond acceptors (Lipinski definition) is 8. The van der Waals surface area contributed by atoms with E-state index in [1.165, 1.54) is 6.08 Å². The minimum absolute atomic E-state index is 0.527. The number of hydrogen-bond donors (Lipinski definition) is 3. The molecule has 10 nitrogen and oxygen atoms in total. The molecular weight excluding hydrogens is 386 g/mol. The number of rotatable bonds is 6. The van der Waals surface area contributed by atoms with Crippen LogP contribution < -0.4 is 15.7 Å². The highest BCUT2D eigenvalue weighted by Gasteiger charge is 2.18. The van der Waals surface area contributed by atoms with E-state index in [9.17, 15) is 4.79 Å². The van der Waals surface area contributed by atoms with Gasteiger partial charge >= 0.3 is 0 Å². The van der Waals surface area contributed by atoms with E-state index in [-0.39, 0.29) is 0 Å². The Morgan fingerprint density at radius 2 is 2.13 bits per heavy atom. The quantitative estimate of drug-likeness (QED) is 0.317. The molecule has 0 unspecified atom stereocenters. The van der Waals surface area contributed by atoms with Gasteiger partial charge in [0.2, 0.25) is 5.95 Å². The SMILES string of the molecule is Cn1cnc2c(NCc3cccc(/C=C/C(=O)NO)c3)nc(N3CCOCC3)nc21. The summed E-state index contributed by atoms with van der Waals surface area (Å²) in [5.74, 6) is 0.749. The molecule has 0 radical (unpaired) electrons. The Morgan fingerprint density at radius 1 is 1.30 bits per heavy atom. The highest BCUT2D eigenvalue weighted by atomic mass is 16.5. The Morgan fingerprint density at radius 3 is 2.93 bits per heavy atom. The molecule has 156 valence electrons. The van der Waals surface area contributed by atoms with Gasteiger partial charge in [-0.15, -0.1) is 0 Å². The number of carbonyl (C=O) groups excluding carboxylic acids is 1. The van der Waals surface area contributed by atoms with Crippen molar-refractivity contribution in [3.05, 3.63) is 47.8 Å². The van der Waals surface area contributed by atoms with E-state index < -0.39 is 5.91 Å². The Hall–Kier alpha value is -3.50. The predicted octanol–water partition coefficient (Wildman–Crippen LogP) is 1.33. The van der Waals surface area contributed by atoms with Gasteiger partial charge in [-0.05, 0) is 23.3 Å². The third-order valence-corrected chi connectivity index (χ3v) is 4.79. The number of nitrogens with one attached hydrogen (secondary N) is 2. The second-order valence-corrected chi connectivity index (χ2v) is 6.91. The van der Waals surface area contributed by atoms with Crippen LogP contribution in [0.2, 0.25) is 0 Å². The third-order valence-electron chi connectivity index (χ3n) is 4.79. The van der Waals surface area contributed by atoms with Crippen molar-refractivity contribution in [2.75, 3.05) is 36.5 Å². The van der Waals surface area contributed by atoms with Gasteiger partial charge in [0.25, 0.3) is 5.91 Å². The fourth-order valence-electron chi connectivity index (χ4n) is 3.23. The fourth-order valence-corrected chi connectivity index (χ4v) is 3.23. The molecule has 3 heterocycles. The average molecular weight is 409 g/mol. The van der Waals surface area contributed by atoms with E-state index in [0.717, 1.165) is 29.9 Å². The lowest BCUT2D eigenvalue weighted by molar-refractivity contribution is -0.124. The number of fused-ring (bicyclic) bond motifs is 1. The number of ether oxygens (including phenoxy) is 1. The number of aromatic nitrogens is 4. The van der Waals surface area contributed by atoms with Crippen molar-refractivity contribution in [1.82, 2.24) is 25.0 Å². The molecule has 0 atom stereocenters. The first-order valence-corrected chi connectivity index (χ1v) is 9.61. The molecule has 1 amide bonds. The molecule has 0 bridgehead atoms. The normalized spacial score (nSPS) is 14.4. The predicted molar refractivity (Wildman–Crippen MR) is 112 cm³/mol. The monoisotopic (exact) mass is 409 g/mol. The maximum atomic E-state index is 11.2. The second-order valence-electron chi connectivity index (χ2n) is 6.91. The summed E-state index contributed by atoms with van der Waals surface area (Å²) >= 11 is 0. The Labute approximate surface area is 173 Å². The summed E-state index contributed by atoms with van der Waals surface area (Å²) in [6.07, 6.45) is 4.63. The number of hydroxylamine groups is 1. The van der Waals surface area contributed by atoms with Crippen LogP contribution in [0.1, 0.15) is 11.1 Å². The van der Waals surface area contributed by atoms with Crippen LogP contribution in [0, 0.1) is 0 Å². The van der Waals surface area contributed by atoms with Crippen LogP contribution in [0.25, 0.3) is 17.2 Å². The summed E-state index contributed by atoms with van der Waals surface area (Å²) in [5, 5.41) is 12.0. The summed E-state index contributed by atoms with van der Waals surface area (Å²) < 4.78 is 7.31. The highest BCUT2D eigenvalue weighted by molar-refractivity contribution is 5.90. The first-order chi connectivity index (χ1) is 14.6. The van der Waals surface area contributed by atoms with Crippen molar-refractivity contribution in [2.45, 2.75) is 6.54 Å². The topological polar surface area (TPSA) is 117 Å². The summed E-state index contributed by atoms with van der Waals surface area (Å²) in [6.45, 7) is 3.34. The van der Waals surface area contributed by atoms with Gasteiger partial charge in [-0.25, -0.2) is 10.5 Å². The van der Waals surface area contributed by atoms with Crippen LogP contribution >= 0.6 is 0 Å². The molecule has 1 aliphatic rings. The van der Waals surface area contributed by atoms with Gasteiger partial charge in [-0.3, -0.25) is 10.0 Å². The van der Waals surface area contributed by atoms with Crippen molar-refractivity contribution >= 4 is 34.9 Å². The molecule has 1 aliphatic heterocycles. The van der Waals surface area contributed by atoms with Crippen molar-refractivity contribution in [3.8, 4) is 0 Å². The van der Waals surface area contributed by atoms with E-state index in [0.29, 0.717) is 37.0 Å². The summed E-state index contributed by atoms with van der Waals surface area (Å²) in [7, 11) is 1.91. The highest BCUT2D eigenvalue weighted by Crippen LogP contribution is 2.23. The Kier molecular flexibility index (Phi) is 5.87. The minimum atomic E-state index is -0.576. The summed E-state index contributed by atoms with van der Waals surface area (Å²) in [4.78, 5) is 27.1. The van der Waals surface area contributed by atoms with E-state index in [1.807, 2.05) is 35.9 Å². The van der Waals surface area contributed by atoms with E-state index in [4.69, 9.17) is 14.9 Å². The van der Waals surface area contributed by atoms with E-state index in [2.05, 4.69) is 20.2 Å². The molecule has 0 saturated carbocycles. The zero-order valence-electron chi connectivity index (χ0n) is 16.6. The lowest BCUT2D eigenvalue weighted by Gasteiger charge is -2.27. The Balaban J connectivity index is 1.56. The zero-order chi connectivity index (χ0) is 20.9. The number of benzene rings is 1. The number of carbonyl (C=O) groups is 1. The maximum absolute atomic E-state index is 11.2. The first kappa shape index (κ1) is 19.8. The Bertz CT molecular complexity index is 1070. The lowest BCUT2D eigenvalue weighted by Crippen LogP contribution is -2.37. The number of amides is 1. The molecule has 0 spiro atoms. The summed E-state index contributed by atoms with van der Waals surface area (Å²) in [5.41, 5.74) is 4.91. The molecule has 4 rings (SSSR count). The van der Waals surface area contributed by atoms with Gasteiger partial charge in [-0.2, -0.15) is 9.97 Å². The average Bonchev–Trinajstić information content (AvgIpc) is 3.17. The zero-order valence-corrected chi connectivity index (χ0v) is 16.6. The number of aryl methyl sites for hydroxylation is 1. The largest absolute Gasteiger partial charge is 0.378 e. The van der Waals surface area contributed by atoms with Gasteiger partial charge in [0.05, 0.1) is 19.5 Å². The van der Waals surface area contributed by atoms with Crippen LogP contribution in [0.3, 0.4) is 0 Å². The number of morpholine rings is 1. The molecule has 1 fully saturated rings. The molecule has 3 N–H and O–H groups in total. The second kappa shape index (κ2) is 8.89. The van der Waals surface area contributed by atoms with Crippen LogP contribution in [0.5, 0.6) is 0 Å². The fraction of sp³-hybridized carbons (Fsp3) is 0.300. The molecule has 30 heavy (non-hydrogen) atoms. The first-order valence-electron chi connectivity index (χ1n) is 9.61. The van der Waals surface area contributed by atoms with Crippen LogP contribution in [0.15, 0.2) is 36.7 Å². The molecule has 1 saturated heterocycles. The van der Waals surface area contributed by atoms with Gasteiger partial charge in [0.15, 0.2) is 17.0 Å². The third kappa shape index (κ3) is 4.39. The van der Waals surface area contributed by atoms with Gasteiger partial charge in [-0.1, -0.05) is 18.2 Å².